The van der Waals surface area contributed by atoms with Crippen molar-refractivity contribution in [2.45, 2.75) is 13.3 Å². The molecule has 0 aliphatic rings. The number of hydrogen-bond donors (Lipinski definition) is 1. The summed E-state index contributed by atoms with van der Waals surface area (Å²) in [6.45, 7) is 3.00. The van der Waals surface area contributed by atoms with E-state index in [0.29, 0.717) is 0 Å². The molecule has 2 aromatic heterocycles. The van der Waals surface area contributed by atoms with Crippen molar-refractivity contribution in [3.8, 4) is 0 Å². The Morgan fingerprint density at radius 1 is 1.39 bits per heavy atom. The number of aromatic nitrogens is 2. The van der Waals surface area contributed by atoms with Gasteiger partial charge in [-0.2, -0.15) is 0 Å². The average Bonchev–Trinajstić information content (AvgIpc) is 2.89. The van der Waals surface area contributed by atoms with Gasteiger partial charge in [-0.25, -0.2) is 9.97 Å². The lowest BCUT2D eigenvalue weighted by molar-refractivity contribution is 0.858. The number of likely N-dealkylation sites (N-methyl/N-ethyl adjacent to an activating group) is 1. The molecule has 0 spiro atoms. The van der Waals surface area contributed by atoms with Gasteiger partial charge in [-0.05, 0) is 24.8 Å². The van der Waals surface area contributed by atoms with Crippen LogP contribution in [0.3, 0.4) is 0 Å². The van der Waals surface area contributed by atoms with Crippen molar-refractivity contribution < 1.29 is 0 Å². The molecule has 0 aliphatic heterocycles. The fraction of sp³-hybridized carbons (Fsp3) is 0.385. The zero-order valence-electron chi connectivity index (χ0n) is 11.0. The van der Waals surface area contributed by atoms with E-state index in [0.717, 1.165) is 30.2 Å². The molecule has 1 N–H and O–H groups in total. The van der Waals surface area contributed by atoms with Crippen molar-refractivity contribution in [1.29, 1.82) is 0 Å². The fourth-order valence-corrected chi connectivity index (χ4v) is 2.61. The van der Waals surface area contributed by atoms with Crippen LogP contribution in [0.5, 0.6) is 0 Å². The minimum atomic E-state index is 0.892. The lowest BCUT2D eigenvalue weighted by Crippen LogP contribution is -2.22. The van der Waals surface area contributed by atoms with Crippen LogP contribution in [0.2, 0.25) is 0 Å². The van der Waals surface area contributed by atoms with Gasteiger partial charge >= 0.3 is 0 Å². The second-order valence-corrected chi connectivity index (χ2v) is 5.20. The summed E-state index contributed by atoms with van der Waals surface area (Å²) in [7, 11) is 3.95. The third-order valence-corrected chi connectivity index (χ3v) is 3.87. The average molecular weight is 262 g/mol. The molecule has 0 aliphatic carbocycles. The zero-order valence-corrected chi connectivity index (χ0v) is 11.8. The Morgan fingerprint density at radius 3 is 2.89 bits per heavy atom. The maximum absolute atomic E-state index is 4.36. The molecule has 0 fully saturated rings. The molecule has 96 valence electrons. The lowest BCUT2D eigenvalue weighted by Gasteiger charge is -2.20. The molecule has 0 bridgehead atoms. The summed E-state index contributed by atoms with van der Waals surface area (Å²) >= 11 is 1.80. The highest BCUT2D eigenvalue weighted by Gasteiger charge is 2.10. The van der Waals surface area contributed by atoms with Gasteiger partial charge in [0.25, 0.3) is 0 Å². The molecule has 2 heterocycles. The molecule has 0 saturated heterocycles. The molecule has 0 amide bonds. The van der Waals surface area contributed by atoms with Crippen molar-refractivity contribution in [3.63, 3.8) is 0 Å². The number of hydrogen-bond acceptors (Lipinski definition) is 5. The summed E-state index contributed by atoms with van der Waals surface area (Å²) in [4.78, 5) is 12.2. The molecular formula is C13H18N4S. The standard InChI is InChI=1S/C13H18N4S/c1-10-12(14-2)15-9-16-13(10)17(3)7-6-11-5-4-8-18-11/h4-5,8-9H,6-7H2,1-3H3,(H,14,15,16). The monoisotopic (exact) mass is 262 g/mol. The van der Waals surface area contributed by atoms with Crippen LogP contribution in [-0.4, -0.2) is 30.6 Å². The Hall–Kier alpha value is -1.62. The van der Waals surface area contributed by atoms with Crippen LogP contribution in [0.4, 0.5) is 11.6 Å². The Kier molecular flexibility index (Phi) is 4.15. The van der Waals surface area contributed by atoms with Crippen LogP contribution >= 0.6 is 11.3 Å². The van der Waals surface area contributed by atoms with E-state index < -0.39 is 0 Å². The van der Waals surface area contributed by atoms with E-state index in [9.17, 15) is 0 Å². The summed E-state index contributed by atoms with van der Waals surface area (Å²) in [6, 6.07) is 4.26. The highest BCUT2D eigenvalue weighted by atomic mass is 32.1. The second-order valence-electron chi connectivity index (χ2n) is 4.17. The summed E-state index contributed by atoms with van der Waals surface area (Å²) < 4.78 is 0. The van der Waals surface area contributed by atoms with E-state index in [1.165, 1.54) is 4.88 Å². The van der Waals surface area contributed by atoms with E-state index in [4.69, 9.17) is 0 Å². The topological polar surface area (TPSA) is 41.1 Å². The predicted molar refractivity (Wildman–Crippen MR) is 77.6 cm³/mol. The van der Waals surface area contributed by atoms with Gasteiger partial charge in [0, 0.05) is 31.1 Å². The molecule has 5 heteroatoms. The van der Waals surface area contributed by atoms with Crippen LogP contribution in [0.1, 0.15) is 10.4 Å². The Labute approximate surface area is 112 Å². The third kappa shape index (κ3) is 2.79. The van der Waals surface area contributed by atoms with Crippen LogP contribution in [0.15, 0.2) is 23.8 Å². The number of nitrogens with zero attached hydrogens (tertiary/aromatic N) is 3. The minimum absolute atomic E-state index is 0.892. The first kappa shape index (κ1) is 12.8. The van der Waals surface area contributed by atoms with E-state index in [1.807, 2.05) is 14.0 Å². The quantitative estimate of drug-likeness (QED) is 0.899. The molecule has 0 atom stereocenters. The Balaban J connectivity index is 2.06. The first-order valence-corrected chi connectivity index (χ1v) is 6.83. The van der Waals surface area contributed by atoms with Gasteiger partial charge < -0.3 is 10.2 Å². The molecule has 0 radical (unpaired) electrons. The van der Waals surface area contributed by atoms with Crippen molar-refractivity contribution in [1.82, 2.24) is 9.97 Å². The number of thiophene rings is 1. The highest BCUT2D eigenvalue weighted by molar-refractivity contribution is 7.09. The molecule has 0 saturated carbocycles. The number of rotatable bonds is 5. The van der Waals surface area contributed by atoms with Crippen LogP contribution in [-0.2, 0) is 6.42 Å². The van der Waals surface area contributed by atoms with Crippen molar-refractivity contribution in [2.75, 3.05) is 30.9 Å². The molecule has 2 aromatic rings. The molecular weight excluding hydrogens is 244 g/mol. The maximum atomic E-state index is 4.36. The van der Waals surface area contributed by atoms with Gasteiger partial charge in [-0.1, -0.05) is 6.07 Å². The van der Waals surface area contributed by atoms with Gasteiger partial charge in [0.15, 0.2) is 0 Å². The van der Waals surface area contributed by atoms with Crippen LogP contribution in [0, 0.1) is 6.92 Å². The summed E-state index contributed by atoms with van der Waals surface area (Å²) in [5.74, 6) is 1.88. The molecule has 0 aromatic carbocycles. The largest absolute Gasteiger partial charge is 0.373 e. The van der Waals surface area contributed by atoms with Gasteiger partial charge in [-0.3, -0.25) is 0 Å². The predicted octanol–water partition coefficient (Wildman–Crippen LogP) is 2.57. The van der Waals surface area contributed by atoms with Gasteiger partial charge in [0.1, 0.15) is 18.0 Å². The normalized spacial score (nSPS) is 10.4. The Morgan fingerprint density at radius 2 is 2.22 bits per heavy atom. The van der Waals surface area contributed by atoms with E-state index in [-0.39, 0.29) is 0 Å². The second kappa shape index (κ2) is 5.82. The fourth-order valence-electron chi connectivity index (χ4n) is 1.92. The first-order valence-electron chi connectivity index (χ1n) is 5.95. The van der Waals surface area contributed by atoms with E-state index >= 15 is 0 Å². The van der Waals surface area contributed by atoms with Crippen LogP contribution < -0.4 is 10.2 Å². The summed E-state index contributed by atoms with van der Waals surface area (Å²) in [5, 5.41) is 5.20. The summed E-state index contributed by atoms with van der Waals surface area (Å²) in [6.07, 6.45) is 2.66. The molecule has 18 heavy (non-hydrogen) atoms. The zero-order chi connectivity index (χ0) is 13.0. The van der Waals surface area contributed by atoms with Crippen molar-refractivity contribution >= 4 is 23.0 Å². The van der Waals surface area contributed by atoms with Crippen molar-refractivity contribution in [2.24, 2.45) is 0 Å². The Bertz CT molecular complexity index is 496. The van der Waals surface area contributed by atoms with Crippen molar-refractivity contribution in [3.05, 3.63) is 34.3 Å². The summed E-state index contributed by atoms with van der Waals surface area (Å²) in [5.41, 5.74) is 1.09. The maximum Gasteiger partial charge on any atom is 0.136 e. The molecule has 4 nitrogen and oxygen atoms in total. The first-order chi connectivity index (χ1) is 8.72. The number of nitrogens with one attached hydrogen (secondary N) is 1. The molecule has 0 unspecified atom stereocenters. The van der Waals surface area contributed by atoms with Gasteiger partial charge in [-0.15, -0.1) is 11.3 Å². The SMILES string of the molecule is CNc1ncnc(N(C)CCc2cccs2)c1C. The van der Waals surface area contributed by atoms with Gasteiger partial charge in [0.05, 0.1) is 0 Å². The third-order valence-electron chi connectivity index (χ3n) is 2.93. The van der Waals surface area contributed by atoms with E-state index in [2.05, 4.69) is 44.7 Å². The van der Waals surface area contributed by atoms with E-state index in [1.54, 1.807) is 17.7 Å². The molecule has 2 rings (SSSR count). The van der Waals surface area contributed by atoms with Crippen LogP contribution in [0.25, 0.3) is 0 Å². The van der Waals surface area contributed by atoms with Gasteiger partial charge in [0.2, 0.25) is 0 Å². The smallest absolute Gasteiger partial charge is 0.136 e. The number of anilines is 2. The lowest BCUT2D eigenvalue weighted by atomic mass is 10.2. The highest BCUT2D eigenvalue weighted by Crippen LogP contribution is 2.21. The minimum Gasteiger partial charge on any atom is -0.373 e.